The predicted molar refractivity (Wildman–Crippen MR) is 116 cm³/mol. The number of carboxylic acid groups (broad SMARTS) is 1. The summed E-state index contributed by atoms with van der Waals surface area (Å²) in [7, 11) is 0. The van der Waals surface area contributed by atoms with E-state index in [0.29, 0.717) is 11.3 Å². The van der Waals surface area contributed by atoms with Gasteiger partial charge in [-0.3, -0.25) is 14.5 Å². The normalized spacial score (nSPS) is 15.2. The predicted octanol–water partition coefficient (Wildman–Crippen LogP) is 4.65. The maximum Gasteiger partial charge on any atom is 0.336 e. The van der Waals surface area contributed by atoms with Crippen molar-refractivity contribution in [1.29, 1.82) is 0 Å². The first-order valence-corrected chi connectivity index (χ1v) is 10.0. The smallest absolute Gasteiger partial charge is 0.336 e. The number of carbonyl (C=O) groups is 3. The van der Waals surface area contributed by atoms with Gasteiger partial charge in [-0.05, 0) is 40.9 Å². The molecule has 150 valence electrons. The molecular formula is C23H17NO5S. The molecule has 4 rings (SSSR count). The fourth-order valence-electron chi connectivity index (χ4n) is 3.22. The van der Waals surface area contributed by atoms with E-state index < -0.39 is 17.1 Å². The van der Waals surface area contributed by atoms with Crippen LogP contribution >= 0.6 is 11.8 Å². The molecule has 0 bridgehead atoms. The van der Waals surface area contributed by atoms with Crippen molar-refractivity contribution in [2.24, 2.45) is 0 Å². The third-order valence-electron chi connectivity index (χ3n) is 4.67. The Hall–Kier alpha value is -3.58. The molecule has 3 aromatic rings. The van der Waals surface area contributed by atoms with Crippen LogP contribution in [-0.4, -0.2) is 40.3 Å². The van der Waals surface area contributed by atoms with Gasteiger partial charge in [-0.2, -0.15) is 0 Å². The van der Waals surface area contributed by atoms with Gasteiger partial charge in [0.2, 0.25) is 0 Å². The number of hydrogen-bond donors (Lipinski definition) is 1. The number of imide groups is 1. The number of hydrogen-bond acceptors (Lipinski definition) is 5. The molecule has 1 saturated heterocycles. The molecule has 0 atom stereocenters. The second-order valence-electron chi connectivity index (χ2n) is 6.55. The third-order valence-corrected chi connectivity index (χ3v) is 5.58. The molecule has 0 aliphatic carbocycles. The molecule has 6 nitrogen and oxygen atoms in total. The molecule has 0 spiro atoms. The van der Waals surface area contributed by atoms with Gasteiger partial charge in [0, 0.05) is 5.39 Å². The van der Waals surface area contributed by atoms with Crippen molar-refractivity contribution >= 4 is 45.7 Å². The Morgan fingerprint density at radius 3 is 2.57 bits per heavy atom. The second-order valence-corrected chi connectivity index (χ2v) is 7.54. The molecule has 7 heteroatoms. The van der Waals surface area contributed by atoms with Gasteiger partial charge >= 0.3 is 5.97 Å². The van der Waals surface area contributed by atoms with E-state index in [1.54, 1.807) is 18.2 Å². The lowest BCUT2D eigenvalue weighted by Crippen LogP contribution is -2.32. The van der Waals surface area contributed by atoms with Crippen LogP contribution in [0.2, 0.25) is 0 Å². The quantitative estimate of drug-likeness (QED) is 0.586. The first-order valence-electron chi connectivity index (χ1n) is 9.23. The van der Waals surface area contributed by atoms with E-state index >= 15 is 0 Å². The Labute approximate surface area is 176 Å². The second kappa shape index (κ2) is 8.42. The van der Waals surface area contributed by atoms with Crippen LogP contribution in [0.15, 0.2) is 71.6 Å². The Morgan fingerprint density at radius 2 is 1.73 bits per heavy atom. The van der Waals surface area contributed by atoms with Gasteiger partial charge < -0.3 is 9.84 Å². The zero-order valence-electron chi connectivity index (χ0n) is 15.8. The van der Waals surface area contributed by atoms with Crippen molar-refractivity contribution in [3.8, 4) is 5.75 Å². The molecule has 3 aromatic carbocycles. The molecule has 0 radical (unpaired) electrons. The molecule has 1 fully saturated rings. The Kier molecular flexibility index (Phi) is 5.54. The van der Waals surface area contributed by atoms with E-state index in [1.165, 1.54) is 12.1 Å². The van der Waals surface area contributed by atoms with Crippen molar-refractivity contribution in [2.75, 3.05) is 13.2 Å². The summed E-state index contributed by atoms with van der Waals surface area (Å²) in [6.45, 7) is 0.261. The minimum absolute atomic E-state index is 0.0728. The minimum atomic E-state index is -1.09. The highest BCUT2D eigenvalue weighted by Crippen LogP contribution is 2.33. The van der Waals surface area contributed by atoms with Crippen LogP contribution in [0.4, 0.5) is 4.79 Å². The van der Waals surface area contributed by atoms with E-state index in [1.807, 2.05) is 42.5 Å². The van der Waals surface area contributed by atoms with Crippen molar-refractivity contribution in [3.63, 3.8) is 0 Å². The van der Waals surface area contributed by atoms with E-state index in [0.717, 1.165) is 27.4 Å². The fourth-order valence-corrected chi connectivity index (χ4v) is 4.08. The summed E-state index contributed by atoms with van der Waals surface area (Å²) in [5, 5.41) is 10.9. The maximum absolute atomic E-state index is 12.7. The van der Waals surface area contributed by atoms with Gasteiger partial charge in [0.15, 0.2) is 0 Å². The largest absolute Gasteiger partial charge is 0.491 e. The number of benzene rings is 3. The van der Waals surface area contributed by atoms with E-state index in [4.69, 9.17) is 4.74 Å². The highest BCUT2D eigenvalue weighted by molar-refractivity contribution is 8.18. The van der Waals surface area contributed by atoms with Gasteiger partial charge in [0.1, 0.15) is 12.4 Å². The first kappa shape index (κ1) is 19.7. The van der Waals surface area contributed by atoms with E-state index in [2.05, 4.69) is 0 Å². The Bertz CT molecular complexity index is 1180. The standard InChI is InChI=1S/C23H17NO5S/c25-21-20(14-16-7-2-4-10-18(16)22(26)27)30-23(28)24(21)12-13-29-19-11-5-8-15-6-1-3-9-17(15)19/h1-11,14H,12-13H2,(H,26,27)/b20-14-. The minimum Gasteiger partial charge on any atom is -0.491 e. The number of aromatic carboxylic acids is 1. The topological polar surface area (TPSA) is 83.9 Å². The monoisotopic (exact) mass is 419 g/mol. The summed E-state index contributed by atoms with van der Waals surface area (Å²) in [4.78, 5) is 37.7. The average molecular weight is 419 g/mol. The summed E-state index contributed by atoms with van der Waals surface area (Å²) in [6, 6.07) is 19.9. The van der Waals surface area contributed by atoms with Gasteiger partial charge in [-0.15, -0.1) is 0 Å². The van der Waals surface area contributed by atoms with Crippen LogP contribution in [-0.2, 0) is 4.79 Å². The molecule has 2 amide bonds. The van der Waals surface area contributed by atoms with Crippen molar-refractivity contribution in [1.82, 2.24) is 4.90 Å². The molecular weight excluding hydrogens is 402 g/mol. The number of nitrogens with zero attached hydrogens (tertiary/aromatic N) is 1. The van der Waals surface area contributed by atoms with Crippen LogP contribution in [0, 0.1) is 0 Å². The van der Waals surface area contributed by atoms with Crippen LogP contribution in [0.1, 0.15) is 15.9 Å². The van der Waals surface area contributed by atoms with Crippen LogP contribution in [0.5, 0.6) is 5.75 Å². The highest BCUT2D eigenvalue weighted by atomic mass is 32.2. The zero-order chi connectivity index (χ0) is 21.1. The zero-order valence-corrected chi connectivity index (χ0v) is 16.6. The number of thioether (sulfide) groups is 1. The van der Waals surface area contributed by atoms with Gasteiger partial charge in [-0.25, -0.2) is 4.79 Å². The van der Waals surface area contributed by atoms with Crippen LogP contribution < -0.4 is 4.74 Å². The highest BCUT2D eigenvalue weighted by Gasteiger charge is 2.35. The van der Waals surface area contributed by atoms with Crippen molar-refractivity contribution in [3.05, 3.63) is 82.8 Å². The Morgan fingerprint density at radius 1 is 1.00 bits per heavy atom. The lowest BCUT2D eigenvalue weighted by Gasteiger charge is -2.14. The molecule has 30 heavy (non-hydrogen) atoms. The summed E-state index contributed by atoms with van der Waals surface area (Å²) in [5.41, 5.74) is 0.450. The number of fused-ring (bicyclic) bond motifs is 1. The summed E-state index contributed by atoms with van der Waals surface area (Å²) in [6.07, 6.45) is 1.44. The van der Waals surface area contributed by atoms with E-state index in [-0.39, 0.29) is 23.6 Å². The first-order chi connectivity index (χ1) is 14.5. The summed E-state index contributed by atoms with van der Waals surface area (Å²) >= 11 is 0.796. The fraction of sp³-hybridized carbons (Fsp3) is 0.0870. The van der Waals surface area contributed by atoms with Crippen LogP contribution in [0.25, 0.3) is 16.8 Å². The average Bonchev–Trinajstić information content (AvgIpc) is 3.01. The molecule has 0 aromatic heterocycles. The number of ether oxygens (including phenoxy) is 1. The van der Waals surface area contributed by atoms with Gasteiger partial charge in [0.25, 0.3) is 11.1 Å². The van der Waals surface area contributed by atoms with E-state index in [9.17, 15) is 19.5 Å². The lowest BCUT2D eigenvalue weighted by molar-refractivity contribution is -0.123. The Balaban J connectivity index is 1.47. The molecule has 1 heterocycles. The summed E-state index contributed by atoms with van der Waals surface area (Å²) in [5.74, 6) is -0.859. The maximum atomic E-state index is 12.7. The van der Waals surface area contributed by atoms with Gasteiger partial charge in [0.05, 0.1) is 17.0 Å². The number of rotatable bonds is 6. The van der Waals surface area contributed by atoms with Crippen molar-refractivity contribution < 1.29 is 24.2 Å². The number of amides is 2. The number of carbonyl (C=O) groups excluding carboxylic acids is 2. The van der Waals surface area contributed by atoms with Crippen molar-refractivity contribution in [2.45, 2.75) is 0 Å². The summed E-state index contributed by atoms with van der Waals surface area (Å²) < 4.78 is 5.83. The SMILES string of the molecule is O=C(O)c1ccccc1/C=C1\SC(=O)N(CCOc2cccc3ccccc23)C1=O. The molecule has 1 N–H and O–H groups in total. The molecule has 0 unspecified atom stereocenters. The van der Waals surface area contributed by atoms with Gasteiger partial charge in [-0.1, -0.05) is 54.6 Å². The molecule has 1 aliphatic rings. The number of carboxylic acids is 1. The molecule has 1 aliphatic heterocycles. The lowest BCUT2D eigenvalue weighted by atomic mass is 10.1. The van der Waals surface area contributed by atoms with Crippen LogP contribution in [0.3, 0.4) is 0 Å². The third kappa shape index (κ3) is 3.92. The molecule has 0 saturated carbocycles.